The molecule has 0 heterocycles. The molecule has 1 unspecified atom stereocenters. The van der Waals surface area contributed by atoms with E-state index in [-0.39, 0.29) is 18.4 Å². The van der Waals surface area contributed by atoms with Crippen molar-refractivity contribution in [1.29, 1.82) is 0 Å². The zero-order chi connectivity index (χ0) is 18.8. The van der Waals surface area contributed by atoms with Crippen molar-refractivity contribution in [2.75, 3.05) is 19.7 Å². The summed E-state index contributed by atoms with van der Waals surface area (Å²) in [5.74, 6) is 0.481. The lowest BCUT2D eigenvalue weighted by Crippen LogP contribution is -2.38. The van der Waals surface area contributed by atoms with Gasteiger partial charge in [-0.1, -0.05) is 29.8 Å². The largest absolute Gasteiger partial charge is 0.494 e. The van der Waals surface area contributed by atoms with Gasteiger partial charge in [0.2, 0.25) is 0 Å². The van der Waals surface area contributed by atoms with Gasteiger partial charge in [0.05, 0.1) is 12.7 Å². The van der Waals surface area contributed by atoms with Crippen LogP contribution in [-0.4, -0.2) is 30.8 Å². The zero-order valence-corrected chi connectivity index (χ0v) is 14.9. The van der Waals surface area contributed by atoms with Crippen molar-refractivity contribution in [3.8, 4) is 5.75 Å². The summed E-state index contributed by atoms with van der Waals surface area (Å²) in [5.41, 5.74) is 1.75. The van der Waals surface area contributed by atoms with Crippen LogP contribution in [0.4, 0.5) is 9.18 Å². The molecule has 0 aliphatic rings. The fraction of sp³-hybridized carbons (Fsp3) is 0.350. The summed E-state index contributed by atoms with van der Waals surface area (Å²) in [6, 6.07) is 13.1. The van der Waals surface area contributed by atoms with Crippen LogP contribution in [0.15, 0.2) is 48.5 Å². The number of nitrogens with one attached hydrogen (secondary N) is 2. The van der Waals surface area contributed by atoms with Gasteiger partial charge in [-0.25, -0.2) is 9.18 Å². The third-order valence-corrected chi connectivity index (χ3v) is 3.86. The first-order chi connectivity index (χ1) is 12.5. The number of amides is 2. The lowest BCUT2D eigenvalue weighted by Gasteiger charge is -2.13. The zero-order valence-electron chi connectivity index (χ0n) is 14.9. The van der Waals surface area contributed by atoms with Crippen LogP contribution in [0.25, 0.3) is 0 Å². The van der Waals surface area contributed by atoms with Gasteiger partial charge in [0.15, 0.2) is 0 Å². The van der Waals surface area contributed by atoms with Gasteiger partial charge in [-0.2, -0.15) is 0 Å². The molecule has 0 aliphatic carbocycles. The SMILES string of the molecule is Cc1ccc(OCCCCNC(=O)NCC(O)c2ccc(F)cc2)cc1. The number of rotatable bonds is 9. The minimum atomic E-state index is -0.871. The summed E-state index contributed by atoms with van der Waals surface area (Å²) in [6.45, 7) is 3.21. The standard InChI is InChI=1S/C20H25FN2O3/c1-15-4-10-18(11-5-15)26-13-3-2-12-22-20(25)23-14-19(24)16-6-8-17(21)9-7-16/h4-11,19,24H,2-3,12-14H2,1H3,(H2,22,23,25). The number of halogens is 1. The van der Waals surface area contributed by atoms with Crippen LogP contribution in [0.1, 0.15) is 30.1 Å². The molecule has 0 fully saturated rings. The Hall–Kier alpha value is -2.60. The quantitative estimate of drug-likeness (QED) is 0.601. The molecule has 1 atom stereocenters. The third kappa shape index (κ3) is 7.11. The number of benzene rings is 2. The molecule has 0 aliphatic heterocycles. The average molecular weight is 360 g/mol. The van der Waals surface area contributed by atoms with E-state index in [0.717, 1.165) is 18.6 Å². The van der Waals surface area contributed by atoms with E-state index in [1.807, 2.05) is 31.2 Å². The number of urea groups is 1. The van der Waals surface area contributed by atoms with Crippen LogP contribution in [0.5, 0.6) is 5.75 Å². The monoisotopic (exact) mass is 360 g/mol. The first-order valence-corrected chi connectivity index (χ1v) is 8.69. The molecule has 0 bridgehead atoms. The Labute approximate surface area is 153 Å². The van der Waals surface area contributed by atoms with Crippen molar-refractivity contribution in [2.45, 2.75) is 25.9 Å². The Bertz CT molecular complexity index is 674. The molecule has 6 heteroatoms. The molecule has 2 aromatic rings. The summed E-state index contributed by atoms with van der Waals surface area (Å²) in [7, 11) is 0. The Morgan fingerprint density at radius 1 is 1.08 bits per heavy atom. The van der Waals surface area contributed by atoms with Gasteiger partial charge in [0.25, 0.3) is 0 Å². The molecule has 0 aromatic heterocycles. The second-order valence-electron chi connectivity index (χ2n) is 6.07. The Morgan fingerprint density at radius 2 is 1.77 bits per heavy atom. The molecule has 3 N–H and O–H groups in total. The highest BCUT2D eigenvalue weighted by Crippen LogP contribution is 2.12. The Kier molecular flexibility index (Phi) is 7.89. The number of aliphatic hydroxyl groups is 1. The number of carbonyl (C=O) groups is 1. The average Bonchev–Trinajstić information content (AvgIpc) is 2.64. The minimum Gasteiger partial charge on any atom is -0.494 e. The smallest absolute Gasteiger partial charge is 0.314 e. The minimum absolute atomic E-state index is 0.0635. The van der Waals surface area contributed by atoms with Crippen molar-refractivity contribution >= 4 is 6.03 Å². The first kappa shape index (κ1) is 19.7. The van der Waals surface area contributed by atoms with E-state index in [2.05, 4.69) is 10.6 Å². The Balaban J connectivity index is 1.53. The molecule has 0 radical (unpaired) electrons. The number of ether oxygens (including phenoxy) is 1. The summed E-state index contributed by atoms with van der Waals surface area (Å²) in [6.07, 6.45) is 0.746. The molecule has 2 aromatic carbocycles. The van der Waals surface area contributed by atoms with Gasteiger partial charge >= 0.3 is 6.03 Å². The molecular formula is C20H25FN2O3. The van der Waals surface area contributed by atoms with E-state index in [9.17, 15) is 14.3 Å². The third-order valence-electron chi connectivity index (χ3n) is 3.86. The molecule has 26 heavy (non-hydrogen) atoms. The maximum atomic E-state index is 12.8. The lowest BCUT2D eigenvalue weighted by molar-refractivity contribution is 0.173. The summed E-state index contributed by atoms with van der Waals surface area (Å²) in [5, 5.41) is 15.3. The van der Waals surface area contributed by atoms with Crippen molar-refractivity contribution in [1.82, 2.24) is 10.6 Å². The molecule has 5 nitrogen and oxygen atoms in total. The molecule has 0 saturated carbocycles. The fourth-order valence-electron chi connectivity index (χ4n) is 2.31. The lowest BCUT2D eigenvalue weighted by atomic mass is 10.1. The number of hydrogen-bond donors (Lipinski definition) is 3. The van der Waals surface area contributed by atoms with Crippen LogP contribution in [0.3, 0.4) is 0 Å². The van der Waals surface area contributed by atoms with E-state index in [0.29, 0.717) is 18.7 Å². The van der Waals surface area contributed by atoms with Crippen LogP contribution in [0.2, 0.25) is 0 Å². The number of hydrogen-bond acceptors (Lipinski definition) is 3. The number of aryl methyl sites for hydroxylation is 1. The van der Waals surface area contributed by atoms with Crippen molar-refractivity contribution in [3.05, 3.63) is 65.5 Å². The highest BCUT2D eigenvalue weighted by molar-refractivity contribution is 5.73. The van der Waals surface area contributed by atoms with Gasteiger partial charge in [-0.15, -0.1) is 0 Å². The predicted octanol–water partition coefficient (Wildman–Crippen LogP) is 3.33. The first-order valence-electron chi connectivity index (χ1n) is 8.69. The highest BCUT2D eigenvalue weighted by atomic mass is 19.1. The van der Waals surface area contributed by atoms with Crippen LogP contribution >= 0.6 is 0 Å². The second-order valence-corrected chi connectivity index (χ2v) is 6.07. The van der Waals surface area contributed by atoms with Crippen molar-refractivity contribution in [2.24, 2.45) is 0 Å². The molecular weight excluding hydrogens is 335 g/mol. The number of aliphatic hydroxyl groups excluding tert-OH is 1. The van der Waals surface area contributed by atoms with Gasteiger partial charge in [-0.05, 0) is 49.6 Å². The van der Waals surface area contributed by atoms with E-state index < -0.39 is 6.10 Å². The summed E-state index contributed by atoms with van der Waals surface area (Å²) in [4.78, 5) is 11.7. The normalized spacial score (nSPS) is 11.7. The molecule has 2 amide bonds. The van der Waals surface area contributed by atoms with E-state index in [4.69, 9.17) is 4.74 Å². The number of carbonyl (C=O) groups excluding carboxylic acids is 1. The predicted molar refractivity (Wildman–Crippen MR) is 98.7 cm³/mol. The Morgan fingerprint density at radius 3 is 2.46 bits per heavy atom. The van der Waals surface area contributed by atoms with Crippen LogP contribution < -0.4 is 15.4 Å². The fourth-order valence-corrected chi connectivity index (χ4v) is 2.31. The van der Waals surface area contributed by atoms with Crippen LogP contribution in [0, 0.1) is 12.7 Å². The van der Waals surface area contributed by atoms with E-state index >= 15 is 0 Å². The number of unbranched alkanes of at least 4 members (excludes halogenated alkanes) is 1. The van der Waals surface area contributed by atoms with Gasteiger partial charge in [-0.3, -0.25) is 0 Å². The molecule has 140 valence electrons. The topological polar surface area (TPSA) is 70.6 Å². The van der Waals surface area contributed by atoms with Crippen molar-refractivity contribution < 1.29 is 19.0 Å². The van der Waals surface area contributed by atoms with E-state index in [1.54, 1.807) is 0 Å². The highest BCUT2D eigenvalue weighted by Gasteiger charge is 2.09. The summed E-state index contributed by atoms with van der Waals surface area (Å²) < 4.78 is 18.5. The van der Waals surface area contributed by atoms with Gasteiger partial charge in [0.1, 0.15) is 11.6 Å². The molecule has 2 rings (SSSR count). The summed E-state index contributed by atoms with van der Waals surface area (Å²) >= 11 is 0. The van der Waals surface area contributed by atoms with E-state index in [1.165, 1.54) is 29.8 Å². The van der Waals surface area contributed by atoms with Gasteiger partial charge in [0, 0.05) is 13.1 Å². The second kappa shape index (κ2) is 10.4. The maximum Gasteiger partial charge on any atom is 0.314 e. The van der Waals surface area contributed by atoms with Crippen molar-refractivity contribution in [3.63, 3.8) is 0 Å². The van der Waals surface area contributed by atoms with Crippen LogP contribution in [-0.2, 0) is 0 Å². The molecule has 0 spiro atoms. The van der Waals surface area contributed by atoms with Gasteiger partial charge < -0.3 is 20.5 Å². The maximum absolute atomic E-state index is 12.8. The molecule has 0 saturated heterocycles.